The zero-order chi connectivity index (χ0) is 29.0. The van der Waals surface area contributed by atoms with Gasteiger partial charge in [-0.3, -0.25) is 9.29 Å². The smallest absolute Gasteiger partial charge is 0.245 e. The molecule has 0 unspecified atom stereocenters. The standard InChI is InChI=1S/C23H29ClF2N8O5S/c1-12(17(37-2)19-27-9-15(24)10-28-19)40(35,36)33-23-32-31-20(14-7-5-13(6-8-14)18(25)26)34(23)16-21(38-3)29-11-30-22(16)39-4/h9-14,17-18H,5-8H2,1-4H3,(H,32,33)/t12-,13?,14?,17-/m0/s1. The van der Waals surface area contributed by atoms with Gasteiger partial charge in [-0.1, -0.05) is 11.6 Å². The molecule has 0 aromatic carbocycles. The zero-order valence-corrected chi connectivity index (χ0v) is 23.7. The first kappa shape index (κ1) is 29.7. The van der Waals surface area contributed by atoms with Crippen LogP contribution in [0.1, 0.15) is 56.3 Å². The molecule has 0 saturated heterocycles. The van der Waals surface area contributed by atoms with E-state index in [4.69, 9.17) is 25.8 Å². The van der Waals surface area contributed by atoms with E-state index in [2.05, 4.69) is 34.9 Å². The van der Waals surface area contributed by atoms with E-state index < -0.39 is 33.7 Å². The number of rotatable bonds is 11. The molecule has 0 bridgehead atoms. The lowest BCUT2D eigenvalue weighted by atomic mass is 9.81. The maximum absolute atomic E-state index is 13.6. The van der Waals surface area contributed by atoms with Crippen LogP contribution in [0.4, 0.5) is 14.7 Å². The first-order chi connectivity index (χ1) is 19.1. The van der Waals surface area contributed by atoms with Crippen LogP contribution in [0, 0.1) is 5.92 Å². The van der Waals surface area contributed by atoms with Crippen molar-refractivity contribution < 1.29 is 31.4 Å². The van der Waals surface area contributed by atoms with Crippen molar-refractivity contribution in [3.63, 3.8) is 0 Å². The number of aromatic nitrogens is 7. The van der Waals surface area contributed by atoms with Gasteiger partial charge in [0.2, 0.25) is 34.2 Å². The summed E-state index contributed by atoms with van der Waals surface area (Å²) < 4.78 is 74.0. The van der Waals surface area contributed by atoms with Crippen molar-refractivity contribution in [1.29, 1.82) is 0 Å². The maximum atomic E-state index is 13.6. The van der Waals surface area contributed by atoms with Crippen LogP contribution in [0.15, 0.2) is 18.7 Å². The molecule has 1 fully saturated rings. The molecule has 1 aliphatic rings. The van der Waals surface area contributed by atoms with Crippen molar-refractivity contribution in [2.75, 3.05) is 26.1 Å². The first-order valence-corrected chi connectivity index (χ1v) is 14.2. The van der Waals surface area contributed by atoms with E-state index >= 15 is 0 Å². The fraction of sp³-hybridized carbons (Fsp3) is 0.565. The van der Waals surface area contributed by atoms with Crippen molar-refractivity contribution in [2.24, 2.45) is 5.92 Å². The number of sulfonamides is 1. The summed E-state index contributed by atoms with van der Waals surface area (Å²) in [5.74, 6) is -0.648. The summed E-state index contributed by atoms with van der Waals surface area (Å²) in [4.78, 5) is 16.4. The summed E-state index contributed by atoms with van der Waals surface area (Å²) in [7, 11) is -0.129. The minimum Gasteiger partial charge on any atom is -0.479 e. The van der Waals surface area contributed by atoms with Crippen LogP contribution in [0.2, 0.25) is 5.02 Å². The van der Waals surface area contributed by atoms with Gasteiger partial charge >= 0.3 is 0 Å². The summed E-state index contributed by atoms with van der Waals surface area (Å²) >= 11 is 5.87. The van der Waals surface area contributed by atoms with Gasteiger partial charge in [-0.15, -0.1) is 10.2 Å². The monoisotopic (exact) mass is 602 g/mol. The Morgan fingerprint density at radius 3 is 2.12 bits per heavy atom. The number of hydrogen-bond acceptors (Lipinski definition) is 11. The highest BCUT2D eigenvalue weighted by atomic mass is 35.5. The molecule has 17 heteroatoms. The Hall–Kier alpha value is -3.24. The number of methoxy groups -OCH3 is 3. The lowest BCUT2D eigenvalue weighted by Crippen LogP contribution is -2.33. The van der Waals surface area contributed by atoms with Crippen LogP contribution < -0.4 is 14.2 Å². The Labute approximate surface area is 234 Å². The van der Waals surface area contributed by atoms with Crippen LogP contribution in [0.3, 0.4) is 0 Å². The van der Waals surface area contributed by atoms with E-state index in [0.29, 0.717) is 18.7 Å². The average Bonchev–Trinajstić information content (AvgIpc) is 3.35. The van der Waals surface area contributed by atoms with Gasteiger partial charge in [-0.05, 0) is 32.6 Å². The van der Waals surface area contributed by atoms with Crippen molar-refractivity contribution in [3.05, 3.63) is 35.4 Å². The van der Waals surface area contributed by atoms with Crippen LogP contribution in [-0.2, 0) is 14.8 Å². The summed E-state index contributed by atoms with van der Waals surface area (Å²) in [6, 6.07) is 0. The molecule has 3 aromatic rings. The lowest BCUT2D eigenvalue weighted by Gasteiger charge is -2.28. The van der Waals surface area contributed by atoms with Crippen LogP contribution in [-0.4, -0.2) is 76.1 Å². The van der Waals surface area contributed by atoms with Gasteiger partial charge < -0.3 is 14.2 Å². The first-order valence-electron chi connectivity index (χ1n) is 12.3. The number of nitrogens with one attached hydrogen (secondary N) is 1. The van der Waals surface area contributed by atoms with E-state index in [0.717, 1.165) is 0 Å². The topological polar surface area (TPSA) is 156 Å². The minimum absolute atomic E-state index is 0.0620. The second-order valence-electron chi connectivity index (χ2n) is 9.17. The fourth-order valence-electron chi connectivity index (χ4n) is 4.67. The van der Waals surface area contributed by atoms with Crippen molar-refractivity contribution >= 4 is 27.6 Å². The Balaban J connectivity index is 1.76. The molecule has 2 atom stereocenters. The van der Waals surface area contributed by atoms with Crippen molar-refractivity contribution in [3.8, 4) is 17.4 Å². The molecule has 1 N–H and O–H groups in total. The van der Waals surface area contributed by atoms with E-state index in [1.165, 1.54) is 51.5 Å². The van der Waals surface area contributed by atoms with Crippen molar-refractivity contribution in [2.45, 2.75) is 56.3 Å². The minimum atomic E-state index is -4.22. The average molecular weight is 603 g/mol. The number of halogens is 3. The molecule has 3 heterocycles. The maximum Gasteiger partial charge on any atom is 0.245 e. The largest absolute Gasteiger partial charge is 0.479 e. The molecule has 0 spiro atoms. The highest BCUT2D eigenvalue weighted by Gasteiger charge is 2.37. The van der Waals surface area contributed by atoms with E-state index in [1.807, 2.05) is 0 Å². The quantitative estimate of drug-likeness (QED) is 0.342. The van der Waals surface area contributed by atoms with Gasteiger partial charge in [0.25, 0.3) is 0 Å². The van der Waals surface area contributed by atoms with Crippen LogP contribution in [0.25, 0.3) is 5.69 Å². The third kappa shape index (κ3) is 6.07. The molecule has 218 valence electrons. The Kier molecular flexibility index (Phi) is 9.30. The molecule has 4 rings (SSSR count). The summed E-state index contributed by atoms with van der Waals surface area (Å²) in [6.45, 7) is 1.43. The van der Waals surface area contributed by atoms with Gasteiger partial charge in [0.05, 0.1) is 19.2 Å². The van der Waals surface area contributed by atoms with Gasteiger partial charge in [-0.25, -0.2) is 27.2 Å². The summed E-state index contributed by atoms with van der Waals surface area (Å²) in [6.07, 6.45) is 1.78. The van der Waals surface area contributed by atoms with Gasteiger partial charge in [0, 0.05) is 31.3 Å². The van der Waals surface area contributed by atoms with Crippen molar-refractivity contribution in [1.82, 2.24) is 34.7 Å². The van der Waals surface area contributed by atoms with Gasteiger partial charge in [0.1, 0.15) is 23.5 Å². The molecule has 0 aliphatic heterocycles. The summed E-state index contributed by atoms with van der Waals surface area (Å²) in [5, 5.41) is 7.48. The van der Waals surface area contributed by atoms with Crippen LogP contribution in [0.5, 0.6) is 11.8 Å². The van der Waals surface area contributed by atoms with E-state index in [-0.39, 0.29) is 53.0 Å². The molecular formula is C23H29ClF2N8O5S. The molecular weight excluding hydrogens is 574 g/mol. The van der Waals surface area contributed by atoms with E-state index in [9.17, 15) is 17.2 Å². The van der Waals surface area contributed by atoms with Gasteiger partial charge in [-0.2, -0.15) is 9.97 Å². The second kappa shape index (κ2) is 12.5. The highest BCUT2D eigenvalue weighted by molar-refractivity contribution is 7.93. The number of alkyl halides is 2. The normalized spacial score (nSPS) is 19.3. The predicted octanol–water partition coefficient (Wildman–Crippen LogP) is 3.57. The molecule has 1 aliphatic carbocycles. The number of hydrogen-bond donors (Lipinski definition) is 1. The zero-order valence-electron chi connectivity index (χ0n) is 22.2. The molecule has 40 heavy (non-hydrogen) atoms. The highest BCUT2D eigenvalue weighted by Crippen LogP contribution is 2.41. The number of anilines is 1. The Morgan fingerprint density at radius 1 is 1.00 bits per heavy atom. The molecule has 3 aromatic heterocycles. The lowest BCUT2D eigenvalue weighted by molar-refractivity contribution is 0.0522. The third-order valence-corrected chi connectivity index (χ3v) is 8.73. The second-order valence-corrected chi connectivity index (χ2v) is 11.6. The number of nitrogens with zero attached hydrogens (tertiary/aromatic N) is 7. The fourth-order valence-corrected chi connectivity index (χ4v) is 5.90. The van der Waals surface area contributed by atoms with Crippen LogP contribution >= 0.6 is 11.6 Å². The summed E-state index contributed by atoms with van der Waals surface area (Å²) in [5.41, 5.74) is 0.151. The molecule has 0 amide bonds. The molecule has 0 radical (unpaired) electrons. The predicted molar refractivity (Wildman–Crippen MR) is 140 cm³/mol. The molecule has 1 saturated carbocycles. The molecule has 13 nitrogen and oxygen atoms in total. The number of ether oxygens (including phenoxy) is 3. The Bertz CT molecular complexity index is 1380. The SMILES string of the molecule is COc1ncnc(OC)c1-n1c(NS(=O)(=O)[C@@H](C)[C@H](OC)c2ncc(Cl)cn2)nnc1C1CCC(C(F)F)CC1. The third-order valence-electron chi connectivity index (χ3n) is 6.84. The Morgan fingerprint density at radius 2 is 1.60 bits per heavy atom. The van der Waals surface area contributed by atoms with Gasteiger partial charge in [0.15, 0.2) is 11.5 Å². The van der Waals surface area contributed by atoms with E-state index in [1.54, 1.807) is 0 Å².